The van der Waals surface area contributed by atoms with E-state index in [9.17, 15) is 13.6 Å². The molecule has 1 N–H and O–H groups in total. The van der Waals surface area contributed by atoms with Crippen LogP contribution >= 0.6 is 0 Å². The molecule has 0 spiro atoms. The van der Waals surface area contributed by atoms with E-state index < -0.39 is 0 Å². The van der Waals surface area contributed by atoms with Crippen molar-refractivity contribution in [3.05, 3.63) is 71.3 Å². The van der Waals surface area contributed by atoms with Crippen LogP contribution in [0.25, 0.3) is 0 Å². The minimum Gasteiger partial charge on any atom is -0.466 e. The summed E-state index contributed by atoms with van der Waals surface area (Å²) < 4.78 is 31.3. The average molecular weight is 361 g/mol. The maximum atomic E-state index is 13.2. The van der Waals surface area contributed by atoms with Gasteiger partial charge < -0.3 is 10.1 Å². The third-order valence-electron chi connectivity index (χ3n) is 4.20. The Hall–Kier alpha value is -2.27. The maximum absolute atomic E-state index is 13.2. The molecule has 0 heterocycles. The van der Waals surface area contributed by atoms with E-state index in [4.69, 9.17) is 4.74 Å². The molecule has 0 bridgehead atoms. The Labute approximate surface area is 153 Å². The number of rotatable bonds is 10. The molecule has 0 unspecified atom stereocenters. The van der Waals surface area contributed by atoms with Crippen LogP contribution in [0.4, 0.5) is 8.78 Å². The third kappa shape index (κ3) is 6.56. The molecule has 0 fully saturated rings. The summed E-state index contributed by atoms with van der Waals surface area (Å²) in [5, 5.41) is 3.23. The van der Waals surface area contributed by atoms with Crippen molar-refractivity contribution < 1.29 is 18.3 Å². The normalized spacial score (nSPS) is 10.9. The summed E-state index contributed by atoms with van der Waals surface area (Å²) in [6.07, 6.45) is 2.07. The van der Waals surface area contributed by atoms with Gasteiger partial charge in [0.15, 0.2) is 0 Å². The van der Waals surface area contributed by atoms with Crippen LogP contribution in [0.2, 0.25) is 0 Å². The number of hydrogen-bond donors (Lipinski definition) is 1. The summed E-state index contributed by atoms with van der Waals surface area (Å²) in [5.41, 5.74) is 2.01. The second-order valence-corrected chi connectivity index (χ2v) is 6.10. The smallest absolute Gasteiger partial charge is 0.307 e. The lowest BCUT2D eigenvalue weighted by Gasteiger charge is -2.18. The van der Waals surface area contributed by atoms with E-state index in [0.29, 0.717) is 19.6 Å². The molecule has 26 heavy (non-hydrogen) atoms. The number of carbonyl (C=O) groups excluding carboxylic acids is 1. The molecule has 3 nitrogen and oxygen atoms in total. The lowest BCUT2D eigenvalue weighted by molar-refractivity contribution is -0.142. The molecular formula is C21H25F2NO2. The zero-order valence-electron chi connectivity index (χ0n) is 15.0. The first-order valence-electron chi connectivity index (χ1n) is 8.97. The summed E-state index contributed by atoms with van der Waals surface area (Å²) in [7, 11) is 0. The van der Waals surface area contributed by atoms with E-state index >= 15 is 0 Å². The van der Waals surface area contributed by atoms with Crippen molar-refractivity contribution in [3.63, 3.8) is 0 Å². The Bertz CT molecular complexity index is 626. The van der Waals surface area contributed by atoms with Gasteiger partial charge in [-0.05, 0) is 61.7 Å². The number of nitrogens with one attached hydrogen (secondary N) is 1. The molecule has 0 amide bonds. The van der Waals surface area contributed by atoms with Gasteiger partial charge in [0.25, 0.3) is 0 Å². The van der Waals surface area contributed by atoms with Crippen molar-refractivity contribution in [1.82, 2.24) is 5.32 Å². The number of benzene rings is 2. The van der Waals surface area contributed by atoms with E-state index in [1.807, 2.05) is 0 Å². The topological polar surface area (TPSA) is 38.3 Å². The van der Waals surface area contributed by atoms with E-state index in [-0.39, 0.29) is 23.5 Å². The number of esters is 1. The van der Waals surface area contributed by atoms with Gasteiger partial charge >= 0.3 is 5.97 Å². The standard InChI is InChI=1S/C21H25F2NO2/c1-2-26-21(25)13-15-24-14-3-4-20(16-5-9-18(22)10-6-16)17-7-11-19(23)12-8-17/h5-12,20,24H,2-4,13-15H2,1H3. The van der Waals surface area contributed by atoms with Gasteiger partial charge in [-0.25, -0.2) is 8.78 Å². The highest BCUT2D eigenvalue weighted by molar-refractivity contribution is 5.69. The lowest BCUT2D eigenvalue weighted by atomic mass is 9.87. The maximum Gasteiger partial charge on any atom is 0.307 e. The zero-order chi connectivity index (χ0) is 18.8. The summed E-state index contributed by atoms with van der Waals surface area (Å²) in [5.74, 6) is -0.668. The van der Waals surface area contributed by atoms with Crippen LogP contribution in [0, 0.1) is 11.6 Å². The number of hydrogen-bond acceptors (Lipinski definition) is 3. The Kier molecular flexibility index (Phi) is 8.22. The second kappa shape index (κ2) is 10.7. The summed E-state index contributed by atoms with van der Waals surface area (Å²) in [4.78, 5) is 11.3. The summed E-state index contributed by atoms with van der Waals surface area (Å²) >= 11 is 0. The van der Waals surface area contributed by atoms with Gasteiger partial charge in [0.2, 0.25) is 0 Å². The van der Waals surface area contributed by atoms with Crippen LogP contribution in [-0.2, 0) is 9.53 Å². The van der Waals surface area contributed by atoms with Crippen LogP contribution < -0.4 is 5.32 Å². The lowest BCUT2D eigenvalue weighted by Crippen LogP contribution is -2.21. The van der Waals surface area contributed by atoms with Gasteiger partial charge in [-0.1, -0.05) is 24.3 Å². The van der Waals surface area contributed by atoms with Crippen LogP contribution in [0.1, 0.15) is 43.2 Å². The van der Waals surface area contributed by atoms with Gasteiger partial charge in [-0.15, -0.1) is 0 Å². The minimum absolute atomic E-state index is 0.0723. The van der Waals surface area contributed by atoms with Crippen LogP contribution in [0.5, 0.6) is 0 Å². The molecule has 140 valence electrons. The Morgan fingerprint density at radius 3 is 2.00 bits per heavy atom. The molecular weight excluding hydrogens is 336 g/mol. The predicted molar refractivity (Wildman–Crippen MR) is 98.0 cm³/mol. The van der Waals surface area contributed by atoms with E-state index in [2.05, 4.69) is 5.32 Å². The van der Waals surface area contributed by atoms with Gasteiger partial charge in [0.05, 0.1) is 13.0 Å². The van der Waals surface area contributed by atoms with Crippen molar-refractivity contribution in [2.24, 2.45) is 0 Å². The van der Waals surface area contributed by atoms with Crippen LogP contribution in [-0.4, -0.2) is 25.7 Å². The van der Waals surface area contributed by atoms with E-state index in [1.54, 1.807) is 31.2 Å². The fraction of sp³-hybridized carbons (Fsp3) is 0.381. The molecule has 2 rings (SSSR count). The first-order chi connectivity index (χ1) is 12.6. The van der Waals surface area contributed by atoms with E-state index in [1.165, 1.54) is 24.3 Å². The fourth-order valence-corrected chi connectivity index (χ4v) is 2.90. The highest BCUT2D eigenvalue weighted by Gasteiger charge is 2.14. The highest BCUT2D eigenvalue weighted by Crippen LogP contribution is 2.29. The molecule has 0 aromatic heterocycles. The summed E-state index contributed by atoms with van der Waals surface area (Å²) in [6, 6.07) is 12.9. The number of halogens is 2. The van der Waals surface area contributed by atoms with Crippen LogP contribution in [0.3, 0.4) is 0 Å². The molecule has 0 aliphatic rings. The summed E-state index contributed by atoms with van der Waals surface area (Å²) in [6.45, 7) is 3.53. The van der Waals surface area contributed by atoms with Crippen molar-refractivity contribution >= 4 is 5.97 Å². The SMILES string of the molecule is CCOC(=O)CCNCCCC(c1ccc(F)cc1)c1ccc(F)cc1. The number of ether oxygens (including phenoxy) is 1. The van der Waals surface area contributed by atoms with Crippen molar-refractivity contribution in [2.75, 3.05) is 19.7 Å². The Morgan fingerprint density at radius 2 is 1.50 bits per heavy atom. The van der Waals surface area contributed by atoms with Gasteiger partial charge in [0.1, 0.15) is 11.6 Å². The molecule has 0 saturated heterocycles. The monoisotopic (exact) mass is 361 g/mol. The Morgan fingerprint density at radius 1 is 0.962 bits per heavy atom. The molecule has 2 aromatic rings. The van der Waals surface area contributed by atoms with Crippen molar-refractivity contribution in [1.29, 1.82) is 0 Å². The third-order valence-corrected chi connectivity index (χ3v) is 4.20. The van der Waals surface area contributed by atoms with Crippen LogP contribution in [0.15, 0.2) is 48.5 Å². The molecule has 0 aliphatic carbocycles. The predicted octanol–water partition coefficient (Wildman–Crippen LogP) is 4.42. The van der Waals surface area contributed by atoms with Crippen molar-refractivity contribution in [3.8, 4) is 0 Å². The largest absolute Gasteiger partial charge is 0.466 e. The fourth-order valence-electron chi connectivity index (χ4n) is 2.90. The highest BCUT2D eigenvalue weighted by atomic mass is 19.1. The molecule has 0 atom stereocenters. The zero-order valence-corrected chi connectivity index (χ0v) is 15.0. The van der Waals surface area contributed by atoms with Gasteiger partial charge in [-0.2, -0.15) is 0 Å². The molecule has 0 aliphatic heterocycles. The van der Waals surface area contributed by atoms with Gasteiger partial charge in [0, 0.05) is 12.5 Å². The molecule has 0 radical (unpaired) electrons. The Balaban J connectivity index is 1.90. The molecule has 2 aromatic carbocycles. The second-order valence-electron chi connectivity index (χ2n) is 6.10. The van der Waals surface area contributed by atoms with E-state index in [0.717, 1.165) is 30.5 Å². The van der Waals surface area contributed by atoms with Crippen molar-refractivity contribution in [2.45, 2.75) is 32.1 Å². The van der Waals surface area contributed by atoms with Gasteiger partial charge in [-0.3, -0.25) is 4.79 Å². The molecule has 5 heteroatoms. The average Bonchev–Trinajstić information content (AvgIpc) is 2.63. The minimum atomic E-state index is -0.271. The molecule has 0 saturated carbocycles. The quantitative estimate of drug-likeness (QED) is 0.503. The first-order valence-corrected chi connectivity index (χ1v) is 8.97. The number of carbonyl (C=O) groups is 1. The first kappa shape index (κ1) is 20.0.